The summed E-state index contributed by atoms with van der Waals surface area (Å²) in [5.41, 5.74) is 1.44. The van der Waals surface area contributed by atoms with Crippen molar-refractivity contribution in [1.29, 1.82) is 0 Å². The number of hydrogen-bond donors (Lipinski definition) is 1. The predicted molar refractivity (Wildman–Crippen MR) is 95.2 cm³/mol. The summed E-state index contributed by atoms with van der Waals surface area (Å²) in [6.45, 7) is 4.42. The molecule has 0 saturated carbocycles. The number of anilines is 1. The predicted octanol–water partition coefficient (Wildman–Crippen LogP) is 2.57. The van der Waals surface area contributed by atoms with E-state index in [4.69, 9.17) is 16.7 Å². The molecule has 1 aromatic carbocycles. The number of carboxylic acids is 1. The van der Waals surface area contributed by atoms with E-state index in [-0.39, 0.29) is 12.4 Å². The van der Waals surface area contributed by atoms with Gasteiger partial charge in [-0.25, -0.2) is 4.79 Å². The molecule has 0 spiro atoms. The second-order valence-electron chi connectivity index (χ2n) is 5.48. The molecule has 1 saturated heterocycles. The summed E-state index contributed by atoms with van der Waals surface area (Å²) in [5, 5.41) is 17.3. The molecule has 3 rings (SSSR count). The van der Waals surface area contributed by atoms with E-state index in [1.165, 1.54) is 0 Å². The van der Waals surface area contributed by atoms with Gasteiger partial charge in [-0.05, 0) is 29.8 Å². The Morgan fingerprint density at radius 3 is 2.25 bits per heavy atom. The number of aromatic carboxylic acids is 1. The average molecular weight is 369 g/mol. The molecule has 1 aromatic heterocycles. The lowest BCUT2D eigenvalue weighted by molar-refractivity contribution is 0.0697. The van der Waals surface area contributed by atoms with Crippen LogP contribution in [0.5, 0.6) is 0 Å². The molecular weight excluding hydrogens is 351 g/mol. The SMILES string of the molecule is Cl.O=C(O)c1ccc(CN2CCN(c3ccc(Cl)nn3)CC2)cc1. The fourth-order valence-electron chi connectivity index (χ4n) is 2.62. The monoisotopic (exact) mass is 368 g/mol. The lowest BCUT2D eigenvalue weighted by atomic mass is 10.1. The molecule has 1 N–H and O–H groups in total. The van der Waals surface area contributed by atoms with E-state index in [9.17, 15) is 4.79 Å². The second-order valence-corrected chi connectivity index (χ2v) is 5.87. The quantitative estimate of drug-likeness (QED) is 0.894. The van der Waals surface area contributed by atoms with Crippen LogP contribution < -0.4 is 4.90 Å². The molecule has 8 heteroatoms. The molecule has 128 valence electrons. The number of rotatable bonds is 4. The smallest absolute Gasteiger partial charge is 0.335 e. The van der Waals surface area contributed by atoms with Gasteiger partial charge in [0.05, 0.1) is 5.56 Å². The molecule has 6 nitrogen and oxygen atoms in total. The fourth-order valence-corrected chi connectivity index (χ4v) is 2.72. The molecule has 2 aromatic rings. The minimum atomic E-state index is -0.894. The van der Waals surface area contributed by atoms with E-state index in [0.717, 1.165) is 44.1 Å². The summed E-state index contributed by atoms with van der Waals surface area (Å²) >= 11 is 5.76. The van der Waals surface area contributed by atoms with E-state index >= 15 is 0 Å². The topological polar surface area (TPSA) is 69.6 Å². The number of carboxylic acid groups (broad SMARTS) is 1. The molecule has 24 heavy (non-hydrogen) atoms. The number of carbonyl (C=O) groups is 1. The van der Waals surface area contributed by atoms with E-state index in [0.29, 0.717) is 10.7 Å². The van der Waals surface area contributed by atoms with E-state index in [1.807, 2.05) is 18.2 Å². The van der Waals surface area contributed by atoms with Gasteiger partial charge in [0, 0.05) is 32.7 Å². The molecular formula is C16H18Cl2N4O2. The van der Waals surface area contributed by atoms with Crippen LogP contribution in [-0.2, 0) is 6.54 Å². The summed E-state index contributed by atoms with van der Waals surface area (Å²) < 4.78 is 0. The van der Waals surface area contributed by atoms with Crippen molar-refractivity contribution in [3.05, 3.63) is 52.7 Å². The summed E-state index contributed by atoms with van der Waals surface area (Å²) in [6, 6.07) is 10.7. The van der Waals surface area contributed by atoms with Crippen molar-refractivity contribution < 1.29 is 9.90 Å². The first-order chi connectivity index (χ1) is 11.1. The zero-order valence-corrected chi connectivity index (χ0v) is 14.5. The minimum absolute atomic E-state index is 0. The van der Waals surface area contributed by atoms with Crippen molar-refractivity contribution in [2.24, 2.45) is 0 Å². The van der Waals surface area contributed by atoms with Crippen molar-refractivity contribution in [2.75, 3.05) is 31.1 Å². The highest BCUT2D eigenvalue weighted by Gasteiger charge is 2.18. The van der Waals surface area contributed by atoms with Crippen molar-refractivity contribution in [3.63, 3.8) is 0 Å². The molecule has 0 amide bonds. The third-order valence-electron chi connectivity index (χ3n) is 3.92. The Labute approximate surface area is 151 Å². The van der Waals surface area contributed by atoms with Crippen LogP contribution in [0.25, 0.3) is 0 Å². The number of piperazine rings is 1. The minimum Gasteiger partial charge on any atom is -0.478 e. The summed E-state index contributed by atoms with van der Waals surface area (Å²) in [4.78, 5) is 15.4. The number of aromatic nitrogens is 2. The number of hydrogen-bond acceptors (Lipinski definition) is 5. The Morgan fingerprint density at radius 2 is 1.71 bits per heavy atom. The van der Waals surface area contributed by atoms with E-state index < -0.39 is 5.97 Å². The zero-order chi connectivity index (χ0) is 16.2. The van der Waals surface area contributed by atoms with Crippen molar-refractivity contribution in [2.45, 2.75) is 6.54 Å². The van der Waals surface area contributed by atoms with Gasteiger partial charge in [0.25, 0.3) is 0 Å². The second kappa shape index (κ2) is 8.28. The van der Waals surface area contributed by atoms with Crippen LogP contribution >= 0.6 is 24.0 Å². The molecule has 1 aliphatic heterocycles. The van der Waals surface area contributed by atoms with Gasteiger partial charge in [0.15, 0.2) is 11.0 Å². The Bertz CT molecular complexity index is 671. The maximum absolute atomic E-state index is 10.9. The Kier molecular flexibility index (Phi) is 6.36. The number of nitrogens with zero attached hydrogens (tertiary/aromatic N) is 4. The molecule has 0 unspecified atom stereocenters. The maximum Gasteiger partial charge on any atom is 0.335 e. The first-order valence-corrected chi connectivity index (χ1v) is 7.78. The largest absolute Gasteiger partial charge is 0.478 e. The van der Waals surface area contributed by atoms with Gasteiger partial charge in [0.2, 0.25) is 0 Å². The average Bonchev–Trinajstić information content (AvgIpc) is 2.57. The standard InChI is InChI=1S/C16H17ClN4O2.ClH/c17-14-5-6-15(19-18-14)21-9-7-20(8-10-21)11-12-1-3-13(4-2-12)16(22)23;/h1-6H,7-11H2,(H,22,23);1H. The molecule has 1 fully saturated rings. The molecule has 0 radical (unpaired) electrons. The van der Waals surface area contributed by atoms with Gasteiger partial charge in [-0.15, -0.1) is 22.6 Å². The Morgan fingerprint density at radius 1 is 1.04 bits per heavy atom. The van der Waals surface area contributed by atoms with E-state index in [2.05, 4.69) is 20.0 Å². The van der Waals surface area contributed by atoms with Crippen LogP contribution in [0.2, 0.25) is 5.15 Å². The number of benzene rings is 1. The van der Waals surface area contributed by atoms with Gasteiger partial charge in [-0.3, -0.25) is 4.90 Å². The fraction of sp³-hybridized carbons (Fsp3) is 0.312. The van der Waals surface area contributed by atoms with Crippen LogP contribution in [0.3, 0.4) is 0 Å². The lowest BCUT2D eigenvalue weighted by Gasteiger charge is -2.35. The zero-order valence-electron chi connectivity index (χ0n) is 12.9. The highest BCUT2D eigenvalue weighted by molar-refractivity contribution is 6.29. The highest BCUT2D eigenvalue weighted by Crippen LogP contribution is 2.16. The van der Waals surface area contributed by atoms with Gasteiger partial charge in [-0.2, -0.15) is 0 Å². The Hall–Kier alpha value is -1.89. The van der Waals surface area contributed by atoms with Gasteiger partial charge in [-0.1, -0.05) is 23.7 Å². The third kappa shape index (κ3) is 4.56. The van der Waals surface area contributed by atoms with Crippen LogP contribution in [0.1, 0.15) is 15.9 Å². The normalized spacial score (nSPS) is 15.0. The molecule has 1 aliphatic rings. The summed E-state index contributed by atoms with van der Waals surface area (Å²) in [6.07, 6.45) is 0. The highest BCUT2D eigenvalue weighted by atomic mass is 35.5. The van der Waals surface area contributed by atoms with Crippen molar-refractivity contribution >= 4 is 35.8 Å². The molecule has 2 heterocycles. The lowest BCUT2D eigenvalue weighted by Crippen LogP contribution is -2.46. The van der Waals surface area contributed by atoms with Crippen LogP contribution in [0.4, 0.5) is 5.82 Å². The van der Waals surface area contributed by atoms with Gasteiger partial charge >= 0.3 is 5.97 Å². The van der Waals surface area contributed by atoms with Gasteiger partial charge in [0.1, 0.15) is 0 Å². The van der Waals surface area contributed by atoms with Crippen LogP contribution in [0.15, 0.2) is 36.4 Å². The van der Waals surface area contributed by atoms with Crippen molar-refractivity contribution in [3.8, 4) is 0 Å². The van der Waals surface area contributed by atoms with Crippen LogP contribution in [-0.4, -0.2) is 52.4 Å². The first kappa shape index (κ1) is 18.4. The third-order valence-corrected chi connectivity index (χ3v) is 4.12. The van der Waals surface area contributed by atoms with Gasteiger partial charge < -0.3 is 10.0 Å². The Balaban J connectivity index is 0.00000208. The first-order valence-electron chi connectivity index (χ1n) is 7.40. The molecule has 0 bridgehead atoms. The molecule has 0 atom stereocenters. The summed E-state index contributed by atoms with van der Waals surface area (Å²) in [5.74, 6) is -0.0471. The van der Waals surface area contributed by atoms with Crippen LogP contribution in [0, 0.1) is 0 Å². The van der Waals surface area contributed by atoms with Crippen molar-refractivity contribution in [1.82, 2.24) is 15.1 Å². The summed E-state index contributed by atoms with van der Waals surface area (Å²) in [7, 11) is 0. The molecule has 0 aliphatic carbocycles. The number of halogens is 2. The maximum atomic E-state index is 10.9. The van der Waals surface area contributed by atoms with E-state index in [1.54, 1.807) is 18.2 Å².